The van der Waals surface area contributed by atoms with Gasteiger partial charge in [0.2, 0.25) is 12.3 Å². The third-order valence-electron chi connectivity index (χ3n) is 4.71. The third-order valence-corrected chi connectivity index (χ3v) is 4.71. The lowest BCUT2D eigenvalue weighted by molar-refractivity contribution is -0.132. The maximum absolute atomic E-state index is 12.3. The number of piperazine rings is 1. The summed E-state index contributed by atoms with van der Waals surface area (Å²) in [6.07, 6.45) is 1.14. The molecule has 0 saturated carbocycles. The molecule has 0 spiro atoms. The number of anilines is 1. The van der Waals surface area contributed by atoms with Crippen molar-refractivity contribution in [3.8, 4) is 0 Å². The van der Waals surface area contributed by atoms with E-state index in [1.165, 1.54) is 0 Å². The van der Waals surface area contributed by atoms with E-state index < -0.39 is 0 Å². The van der Waals surface area contributed by atoms with Crippen LogP contribution in [0.4, 0.5) is 5.69 Å². The van der Waals surface area contributed by atoms with Crippen molar-refractivity contribution in [1.82, 2.24) is 15.2 Å². The van der Waals surface area contributed by atoms with Crippen LogP contribution >= 0.6 is 0 Å². The maximum atomic E-state index is 12.3. The second-order valence-electron chi connectivity index (χ2n) is 6.54. The van der Waals surface area contributed by atoms with Crippen LogP contribution in [0.25, 0.3) is 0 Å². The second-order valence-corrected chi connectivity index (χ2v) is 6.54. The first-order valence-electron chi connectivity index (χ1n) is 8.80. The summed E-state index contributed by atoms with van der Waals surface area (Å²) in [5.41, 5.74) is 2.66. The van der Waals surface area contributed by atoms with Crippen LogP contribution in [-0.2, 0) is 9.59 Å². The minimum atomic E-state index is 0.0885. The Morgan fingerprint density at radius 2 is 1.96 bits per heavy atom. The van der Waals surface area contributed by atoms with Gasteiger partial charge in [-0.25, -0.2) is 5.01 Å². The highest BCUT2D eigenvalue weighted by atomic mass is 16.2. The van der Waals surface area contributed by atoms with Crippen molar-refractivity contribution in [1.29, 1.82) is 0 Å². The van der Waals surface area contributed by atoms with Crippen molar-refractivity contribution in [3.63, 3.8) is 0 Å². The van der Waals surface area contributed by atoms with Gasteiger partial charge in [-0.1, -0.05) is 19.1 Å². The summed E-state index contributed by atoms with van der Waals surface area (Å²) >= 11 is 0. The van der Waals surface area contributed by atoms with E-state index >= 15 is 0 Å². The zero-order chi connectivity index (χ0) is 17.6. The largest absolute Gasteiger partial charge is 0.329 e. The predicted octanol–water partition coefficient (Wildman–Crippen LogP) is 0.733. The molecule has 7 nitrogen and oxygen atoms in total. The number of nitrogens with zero attached hydrogens (tertiary/aromatic N) is 3. The molecule has 1 fully saturated rings. The molecule has 2 heterocycles. The van der Waals surface area contributed by atoms with Crippen molar-refractivity contribution in [3.05, 3.63) is 29.8 Å². The van der Waals surface area contributed by atoms with Gasteiger partial charge in [0.25, 0.3) is 0 Å². The lowest BCUT2D eigenvalue weighted by atomic mass is 9.93. The monoisotopic (exact) mass is 343 g/mol. The molecule has 1 aromatic carbocycles. The predicted molar refractivity (Wildman–Crippen MR) is 97.5 cm³/mol. The summed E-state index contributed by atoms with van der Waals surface area (Å²) in [6.45, 7) is 7.53. The Morgan fingerprint density at radius 1 is 1.24 bits per heavy atom. The fourth-order valence-electron chi connectivity index (χ4n) is 3.24. The van der Waals surface area contributed by atoms with Crippen molar-refractivity contribution in [2.24, 2.45) is 11.0 Å². The molecule has 134 valence electrons. The first-order chi connectivity index (χ1) is 12.2. The van der Waals surface area contributed by atoms with Crippen LogP contribution in [0.1, 0.15) is 18.9 Å². The maximum Gasteiger partial charge on any atom is 0.243 e. The van der Waals surface area contributed by atoms with Gasteiger partial charge in [-0.3, -0.25) is 14.5 Å². The van der Waals surface area contributed by atoms with Gasteiger partial charge in [0.1, 0.15) is 0 Å². The van der Waals surface area contributed by atoms with E-state index in [1.807, 2.05) is 31.2 Å². The number of hydrazone groups is 1. The lowest BCUT2D eigenvalue weighted by Gasteiger charge is -2.31. The molecule has 1 atom stereocenters. The van der Waals surface area contributed by atoms with Gasteiger partial charge >= 0.3 is 0 Å². The van der Waals surface area contributed by atoms with E-state index in [4.69, 9.17) is 0 Å². The van der Waals surface area contributed by atoms with Gasteiger partial charge in [-0.15, -0.1) is 0 Å². The van der Waals surface area contributed by atoms with E-state index in [2.05, 4.69) is 20.6 Å². The molecule has 2 N–H and O–H groups in total. The van der Waals surface area contributed by atoms with E-state index in [1.54, 1.807) is 5.01 Å². The molecular formula is C18H25N5O2. The Bertz CT molecular complexity index is 637. The SMILES string of the molecule is CC1CC(=O)N(CCN2CCNCC2)N=C1c1ccc(NC=O)cc1. The second kappa shape index (κ2) is 8.22. The van der Waals surface area contributed by atoms with Gasteiger partial charge < -0.3 is 10.6 Å². The van der Waals surface area contributed by atoms with Crippen LogP contribution in [0.3, 0.4) is 0 Å². The van der Waals surface area contributed by atoms with Crippen molar-refractivity contribution >= 4 is 23.7 Å². The zero-order valence-corrected chi connectivity index (χ0v) is 14.6. The number of hydrogen-bond acceptors (Lipinski definition) is 5. The molecule has 0 bridgehead atoms. The summed E-state index contributed by atoms with van der Waals surface area (Å²) in [6, 6.07) is 7.57. The highest BCUT2D eigenvalue weighted by Crippen LogP contribution is 2.22. The smallest absolute Gasteiger partial charge is 0.243 e. The number of benzene rings is 1. The number of rotatable bonds is 6. The van der Waals surface area contributed by atoms with Crippen LogP contribution in [-0.4, -0.2) is 67.2 Å². The highest BCUT2D eigenvalue weighted by Gasteiger charge is 2.27. The van der Waals surface area contributed by atoms with E-state index in [0.717, 1.165) is 49.7 Å². The molecule has 2 aliphatic rings. The molecule has 0 radical (unpaired) electrons. The van der Waals surface area contributed by atoms with Gasteiger partial charge in [0, 0.05) is 50.7 Å². The van der Waals surface area contributed by atoms with Gasteiger partial charge in [0.15, 0.2) is 0 Å². The van der Waals surface area contributed by atoms with Crippen LogP contribution in [0.5, 0.6) is 0 Å². The number of hydrogen-bond donors (Lipinski definition) is 2. The molecule has 1 aromatic rings. The molecule has 2 amide bonds. The average molecular weight is 343 g/mol. The summed E-state index contributed by atoms with van der Waals surface area (Å²) in [5, 5.41) is 12.2. The lowest BCUT2D eigenvalue weighted by Crippen LogP contribution is -2.47. The van der Waals surface area contributed by atoms with Crippen LogP contribution in [0, 0.1) is 5.92 Å². The number of nitrogens with one attached hydrogen (secondary N) is 2. The Kier molecular flexibility index (Phi) is 5.78. The van der Waals surface area contributed by atoms with E-state index in [9.17, 15) is 9.59 Å². The Morgan fingerprint density at radius 3 is 2.64 bits per heavy atom. The third kappa shape index (κ3) is 4.43. The number of carbonyl (C=O) groups is 2. The molecule has 2 aliphatic heterocycles. The van der Waals surface area contributed by atoms with Crippen LogP contribution in [0.15, 0.2) is 29.4 Å². The van der Waals surface area contributed by atoms with Gasteiger partial charge in [-0.05, 0) is 17.7 Å². The number of amides is 2. The van der Waals surface area contributed by atoms with Crippen molar-refractivity contribution in [2.45, 2.75) is 13.3 Å². The summed E-state index contributed by atoms with van der Waals surface area (Å²) < 4.78 is 0. The average Bonchev–Trinajstić information content (AvgIpc) is 2.63. The molecule has 1 unspecified atom stereocenters. The first kappa shape index (κ1) is 17.6. The van der Waals surface area contributed by atoms with Crippen molar-refractivity contribution in [2.75, 3.05) is 44.6 Å². The van der Waals surface area contributed by atoms with Gasteiger partial charge in [-0.2, -0.15) is 5.10 Å². The molecule has 3 rings (SSSR count). The molecule has 1 saturated heterocycles. The van der Waals surface area contributed by atoms with E-state index in [-0.39, 0.29) is 11.8 Å². The number of carbonyl (C=O) groups excluding carboxylic acids is 2. The Hall–Kier alpha value is -2.25. The minimum absolute atomic E-state index is 0.0885. The van der Waals surface area contributed by atoms with Gasteiger partial charge in [0.05, 0.1) is 12.3 Å². The Labute approximate surface area is 148 Å². The first-order valence-corrected chi connectivity index (χ1v) is 8.80. The standard InChI is InChI=1S/C18H25N5O2/c1-14-12-17(25)23(11-10-22-8-6-19-7-9-22)21-18(14)15-2-4-16(5-3-15)20-13-24/h2-5,13-14,19H,6-12H2,1H3,(H,20,24). The molecule has 7 heteroatoms. The normalized spacial score (nSPS) is 21.8. The minimum Gasteiger partial charge on any atom is -0.329 e. The fourth-order valence-corrected chi connectivity index (χ4v) is 3.24. The summed E-state index contributed by atoms with van der Waals surface area (Å²) in [4.78, 5) is 25.2. The molecular weight excluding hydrogens is 318 g/mol. The quantitative estimate of drug-likeness (QED) is 0.747. The van der Waals surface area contributed by atoms with Crippen LogP contribution in [0.2, 0.25) is 0 Å². The highest BCUT2D eigenvalue weighted by molar-refractivity contribution is 6.05. The molecule has 0 aliphatic carbocycles. The Balaban J connectivity index is 1.70. The topological polar surface area (TPSA) is 77.0 Å². The summed E-state index contributed by atoms with van der Waals surface area (Å²) in [5.74, 6) is 0.179. The molecule has 0 aromatic heterocycles. The van der Waals surface area contributed by atoms with Crippen LogP contribution < -0.4 is 10.6 Å². The van der Waals surface area contributed by atoms with E-state index in [0.29, 0.717) is 19.4 Å². The zero-order valence-electron chi connectivity index (χ0n) is 14.6. The fraction of sp³-hybridized carbons (Fsp3) is 0.500. The summed E-state index contributed by atoms with van der Waals surface area (Å²) in [7, 11) is 0. The molecule has 25 heavy (non-hydrogen) atoms. The van der Waals surface area contributed by atoms with Crippen molar-refractivity contribution < 1.29 is 9.59 Å².